The molecule has 0 aliphatic heterocycles. The Morgan fingerprint density at radius 1 is 1.37 bits per heavy atom. The molecule has 1 amide bonds. The second-order valence-corrected chi connectivity index (χ2v) is 5.06. The second kappa shape index (κ2) is 7.97. The second-order valence-electron chi connectivity index (χ2n) is 3.85. The van der Waals surface area contributed by atoms with Gasteiger partial charge in [0.05, 0.1) is 0 Å². The van der Waals surface area contributed by atoms with Crippen LogP contribution in [0.4, 0.5) is 0 Å². The van der Waals surface area contributed by atoms with E-state index in [0.717, 1.165) is 31.5 Å². The molecule has 0 aliphatic carbocycles. The molecule has 19 heavy (non-hydrogen) atoms. The minimum atomic E-state index is -2.54. The first-order chi connectivity index (χ1) is 8.79. The van der Waals surface area contributed by atoms with Crippen LogP contribution < -0.4 is 5.32 Å². The monoisotopic (exact) mass is 295 g/mol. The summed E-state index contributed by atoms with van der Waals surface area (Å²) in [6.45, 7) is 2.75. The minimum absolute atomic E-state index is 0.498. The molecule has 2 atom stereocenters. The zero-order chi connectivity index (χ0) is 15.1. The summed E-state index contributed by atoms with van der Waals surface area (Å²) in [5, 5.41) is 26.9. The molecule has 2 unspecified atom stereocenters. The third-order valence-corrected chi connectivity index (χ3v) is 3.47. The van der Waals surface area contributed by atoms with Crippen LogP contribution in [0.15, 0.2) is 0 Å². The Bertz CT molecular complexity index is 349. The maximum absolute atomic E-state index is 11.6. The standard InChI is InChI=1S/C10H17NO7S/c1-3-4-5-19-6(7(12)13)11-8(14)10(2,18-17)9(15)16/h6,17H,3-5H2,1-2H3,(H,11,14)(H,12,13)(H,15,16). The molecule has 8 nitrogen and oxygen atoms in total. The van der Waals surface area contributed by atoms with Crippen molar-refractivity contribution in [1.29, 1.82) is 0 Å². The predicted octanol–water partition coefficient (Wildman–Crippen LogP) is 0.380. The molecule has 0 saturated carbocycles. The van der Waals surface area contributed by atoms with Crippen LogP contribution in [0.1, 0.15) is 26.7 Å². The maximum Gasteiger partial charge on any atom is 0.349 e. The molecule has 0 saturated heterocycles. The number of carbonyl (C=O) groups excluding carboxylic acids is 1. The van der Waals surface area contributed by atoms with Crippen LogP contribution in [0.2, 0.25) is 0 Å². The third kappa shape index (κ3) is 5.05. The van der Waals surface area contributed by atoms with Crippen LogP contribution in [0.5, 0.6) is 0 Å². The van der Waals surface area contributed by atoms with Crippen LogP contribution in [-0.4, -0.2) is 50.0 Å². The van der Waals surface area contributed by atoms with E-state index in [0.29, 0.717) is 5.75 Å². The van der Waals surface area contributed by atoms with Gasteiger partial charge in [0.15, 0.2) is 5.37 Å². The Balaban J connectivity index is 4.71. The number of thioether (sulfide) groups is 1. The molecular weight excluding hydrogens is 278 g/mol. The molecule has 0 heterocycles. The number of carboxylic acids is 2. The van der Waals surface area contributed by atoms with Crippen LogP contribution in [-0.2, 0) is 19.3 Å². The predicted molar refractivity (Wildman–Crippen MR) is 66.7 cm³/mol. The van der Waals surface area contributed by atoms with Crippen LogP contribution in [0, 0.1) is 0 Å². The summed E-state index contributed by atoms with van der Waals surface area (Å²) >= 11 is 0.959. The lowest BCUT2D eigenvalue weighted by Crippen LogP contribution is -2.55. The molecule has 0 radical (unpaired) electrons. The fourth-order valence-corrected chi connectivity index (χ4v) is 1.98. The van der Waals surface area contributed by atoms with Gasteiger partial charge in [0.1, 0.15) is 0 Å². The van der Waals surface area contributed by atoms with E-state index in [1.165, 1.54) is 0 Å². The Morgan fingerprint density at radius 2 is 1.95 bits per heavy atom. The van der Waals surface area contributed by atoms with Gasteiger partial charge < -0.3 is 15.5 Å². The molecule has 4 N–H and O–H groups in total. The van der Waals surface area contributed by atoms with E-state index in [9.17, 15) is 14.4 Å². The van der Waals surface area contributed by atoms with Crippen molar-refractivity contribution in [3.63, 3.8) is 0 Å². The number of carboxylic acid groups (broad SMARTS) is 2. The number of hydrogen-bond acceptors (Lipinski definition) is 6. The Labute approximate surface area is 114 Å². The van der Waals surface area contributed by atoms with Gasteiger partial charge in [0.2, 0.25) is 0 Å². The lowest BCUT2D eigenvalue weighted by molar-refractivity contribution is -0.302. The number of carbonyl (C=O) groups is 3. The molecule has 0 rings (SSSR count). The summed E-state index contributed by atoms with van der Waals surface area (Å²) < 4.78 is 0. The van der Waals surface area contributed by atoms with Gasteiger partial charge in [-0.15, -0.1) is 11.8 Å². The molecule has 9 heteroatoms. The van der Waals surface area contributed by atoms with Gasteiger partial charge in [-0.2, -0.15) is 0 Å². The SMILES string of the molecule is CCCCSC(NC(=O)C(C)(OO)C(=O)O)C(=O)O. The number of nitrogens with one attached hydrogen (secondary N) is 1. The topological polar surface area (TPSA) is 133 Å². The fourth-order valence-electron chi connectivity index (χ4n) is 0.955. The highest BCUT2D eigenvalue weighted by molar-refractivity contribution is 8.00. The van der Waals surface area contributed by atoms with Gasteiger partial charge in [-0.25, -0.2) is 14.5 Å². The van der Waals surface area contributed by atoms with Gasteiger partial charge in [0, 0.05) is 0 Å². The first-order valence-corrected chi connectivity index (χ1v) is 6.55. The molecule has 110 valence electrons. The van der Waals surface area contributed by atoms with Gasteiger partial charge in [-0.05, 0) is 19.1 Å². The number of amides is 1. The lowest BCUT2D eigenvalue weighted by Gasteiger charge is -2.22. The summed E-state index contributed by atoms with van der Waals surface area (Å²) in [6.07, 6.45) is 1.62. The Hall–Kier alpha value is -1.32. The molecule has 0 fully saturated rings. The summed E-state index contributed by atoms with van der Waals surface area (Å²) in [6, 6.07) is 0. The van der Waals surface area contributed by atoms with Gasteiger partial charge >= 0.3 is 11.9 Å². The Kier molecular flexibility index (Phi) is 7.42. The van der Waals surface area contributed by atoms with Crippen molar-refractivity contribution in [2.24, 2.45) is 0 Å². The van der Waals surface area contributed by atoms with E-state index < -0.39 is 28.8 Å². The van der Waals surface area contributed by atoms with Crippen LogP contribution in [0.3, 0.4) is 0 Å². The lowest BCUT2D eigenvalue weighted by atomic mass is 10.1. The molecule has 0 bridgehead atoms. The highest BCUT2D eigenvalue weighted by atomic mass is 32.2. The summed E-state index contributed by atoms with van der Waals surface area (Å²) in [5.74, 6) is -3.77. The van der Waals surface area contributed by atoms with E-state index in [-0.39, 0.29) is 0 Å². The Morgan fingerprint density at radius 3 is 2.32 bits per heavy atom. The highest BCUT2D eigenvalue weighted by Crippen LogP contribution is 2.15. The molecular formula is C10H17NO7S. The van der Waals surface area contributed by atoms with Crippen molar-refractivity contribution in [2.75, 3.05) is 5.75 Å². The molecule has 0 aliphatic rings. The zero-order valence-corrected chi connectivity index (χ0v) is 11.4. The van der Waals surface area contributed by atoms with E-state index in [1.54, 1.807) is 0 Å². The van der Waals surface area contributed by atoms with Gasteiger partial charge in [-0.3, -0.25) is 10.1 Å². The molecule has 0 spiro atoms. The fraction of sp³-hybridized carbons (Fsp3) is 0.700. The van der Waals surface area contributed by atoms with Gasteiger partial charge in [0.25, 0.3) is 11.5 Å². The minimum Gasteiger partial charge on any atom is -0.479 e. The van der Waals surface area contributed by atoms with Crippen molar-refractivity contribution >= 4 is 29.6 Å². The largest absolute Gasteiger partial charge is 0.479 e. The average Bonchev–Trinajstić information content (AvgIpc) is 2.35. The average molecular weight is 295 g/mol. The number of unbranched alkanes of at least 4 members (excludes halogenated alkanes) is 1. The van der Waals surface area contributed by atoms with Crippen molar-refractivity contribution in [1.82, 2.24) is 5.32 Å². The highest BCUT2D eigenvalue weighted by Gasteiger charge is 2.45. The third-order valence-electron chi connectivity index (χ3n) is 2.29. The normalized spacial score (nSPS) is 15.3. The quantitative estimate of drug-likeness (QED) is 0.158. The van der Waals surface area contributed by atoms with E-state index in [1.807, 2.05) is 12.2 Å². The maximum atomic E-state index is 11.6. The smallest absolute Gasteiger partial charge is 0.349 e. The van der Waals surface area contributed by atoms with E-state index in [4.69, 9.17) is 15.5 Å². The molecule has 0 aromatic rings. The summed E-state index contributed by atoms with van der Waals surface area (Å²) in [7, 11) is 0. The van der Waals surface area contributed by atoms with Crippen molar-refractivity contribution in [2.45, 2.75) is 37.7 Å². The number of rotatable bonds is 9. The van der Waals surface area contributed by atoms with E-state index in [2.05, 4.69) is 4.89 Å². The molecule has 0 aromatic carbocycles. The van der Waals surface area contributed by atoms with Crippen LogP contribution in [0.25, 0.3) is 0 Å². The first kappa shape index (κ1) is 17.7. The summed E-state index contributed by atoms with van der Waals surface area (Å²) in [4.78, 5) is 37.0. The van der Waals surface area contributed by atoms with Gasteiger partial charge in [-0.1, -0.05) is 13.3 Å². The van der Waals surface area contributed by atoms with Crippen molar-refractivity contribution in [3.8, 4) is 0 Å². The number of hydrogen-bond donors (Lipinski definition) is 4. The summed E-state index contributed by atoms with van der Waals surface area (Å²) in [5.41, 5.74) is -2.54. The van der Waals surface area contributed by atoms with Crippen molar-refractivity contribution < 1.29 is 34.7 Å². The first-order valence-electron chi connectivity index (χ1n) is 5.51. The van der Waals surface area contributed by atoms with Crippen molar-refractivity contribution in [3.05, 3.63) is 0 Å². The van der Waals surface area contributed by atoms with Crippen LogP contribution >= 0.6 is 11.8 Å². The molecule has 0 aromatic heterocycles. The number of aliphatic carboxylic acids is 2. The zero-order valence-electron chi connectivity index (χ0n) is 10.6. The van der Waals surface area contributed by atoms with E-state index >= 15 is 0 Å².